The Labute approximate surface area is 158 Å². The van der Waals surface area contributed by atoms with Gasteiger partial charge in [0, 0.05) is 17.4 Å². The molecular formula is C18H16F3N5O2. The predicted molar refractivity (Wildman–Crippen MR) is 94.4 cm³/mol. The van der Waals surface area contributed by atoms with E-state index in [4.69, 9.17) is 4.74 Å². The molecule has 0 saturated heterocycles. The third-order valence-electron chi connectivity index (χ3n) is 3.85. The fourth-order valence-corrected chi connectivity index (χ4v) is 2.36. The molecule has 0 radical (unpaired) electrons. The molecule has 0 atom stereocenters. The average molecular weight is 391 g/mol. The van der Waals surface area contributed by atoms with Crippen LogP contribution in [0.4, 0.5) is 18.9 Å². The van der Waals surface area contributed by atoms with E-state index in [-0.39, 0.29) is 11.6 Å². The second-order valence-electron chi connectivity index (χ2n) is 5.97. The first-order chi connectivity index (χ1) is 13.2. The van der Waals surface area contributed by atoms with Gasteiger partial charge in [-0.05, 0) is 38.1 Å². The molecule has 28 heavy (non-hydrogen) atoms. The molecule has 10 heteroatoms. The number of anilines is 1. The minimum Gasteiger partial charge on any atom is -0.439 e. The molecular weight excluding hydrogens is 375 g/mol. The molecule has 1 N–H and O–H groups in total. The molecule has 0 spiro atoms. The number of carbonyl (C=O) groups is 1. The van der Waals surface area contributed by atoms with Gasteiger partial charge in [-0.2, -0.15) is 13.2 Å². The zero-order valence-corrected chi connectivity index (χ0v) is 15.0. The molecule has 0 aliphatic carbocycles. The fraction of sp³-hybridized carbons (Fsp3) is 0.222. The van der Waals surface area contributed by atoms with Crippen molar-refractivity contribution < 1.29 is 22.7 Å². The summed E-state index contributed by atoms with van der Waals surface area (Å²) in [6, 6.07) is 7.53. The Morgan fingerprint density at radius 2 is 1.86 bits per heavy atom. The van der Waals surface area contributed by atoms with Gasteiger partial charge < -0.3 is 10.1 Å². The first-order valence-corrected chi connectivity index (χ1v) is 8.19. The molecule has 2 heterocycles. The average Bonchev–Trinajstić information content (AvgIpc) is 2.94. The van der Waals surface area contributed by atoms with E-state index in [0.717, 1.165) is 11.4 Å². The molecule has 0 fully saturated rings. The van der Waals surface area contributed by atoms with Crippen molar-refractivity contribution in [1.29, 1.82) is 0 Å². The van der Waals surface area contributed by atoms with Gasteiger partial charge in [-0.3, -0.25) is 9.36 Å². The number of alkyl halides is 3. The van der Waals surface area contributed by atoms with Crippen molar-refractivity contribution in [2.75, 3.05) is 5.32 Å². The highest BCUT2D eigenvalue weighted by molar-refractivity contribution is 5.91. The summed E-state index contributed by atoms with van der Waals surface area (Å²) in [7, 11) is 0. The van der Waals surface area contributed by atoms with Crippen LogP contribution in [0.1, 0.15) is 17.8 Å². The lowest BCUT2D eigenvalue weighted by Gasteiger charge is -2.10. The van der Waals surface area contributed by atoms with Gasteiger partial charge in [-0.1, -0.05) is 0 Å². The van der Waals surface area contributed by atoms with E-state index in [1.807, 2.05) is 13.8 Å². The number of aromatic nitrogens is 4. The summed E-state index contributed by atoms with van der Waals surface area (Å²) in [5.74, 6) is 0.133. The molecule has 3 aromatic rings. The number of halogens is 3. The van der Waals surface area contributed by atoms with Crippen LogP contribution in [0.5, 0.6) is 11.6 Å². The van der Waals surface area contributed by atoms with Crippen LogP contribution in [0.2, 0.25) is 0 Å². The lowest BCUT2D eigenvalue weighted by Crippen LogP contribution is -2.21. The van der Waals surface area contributed by atoms with Crippen molar-refractivity contribution in [3.05, 3.63) is 54.4 Å². The maximum absolute atomic E-state index is 12.2. The van der Waals surface area contributed by atoms with E-state index in [0.29, 0.717) is 11.6 Å². The fourth-order valence-electron chi connectivity index (χ4n) is 2.36. The maximum atomic E-state index is 12.2. The summed E-state index contributed by atoms with van der Waals surface area (Å²) in [5.41, 5.74) is 2.04. The zero-order valence-electron chi connectivity index (χ0n) is 15.0. The van der Waals surface area contributed by atoms with Gasteiger partial charge in [0.2, 0.25) is 11.8 Å². The topological polar surface area (TPSA) is 81.9 Å². The molecule has 1 amide bonds. The molecule has 0 saturated carbocycles. The molecule has 0 aliphatic rings. The smallest absolute Gasteiger partial charge is 0.397 e. The van der Waals surface area contributed by atoms with Gasteiger partial charge in [-0.15, -0.1) is 0 Å². The summed E-state index contributed by atoms with van der Waals surface area (Å²) < 4.78 is 44.0. The zero-order chi connectivity index (χ0) is 20.3. The molecule has 3 rings (SSSR count). The minimum atomic E-state index is -4.55. The van der Waals surface area contributed by atoms with Crippen LogP contribution < -0.4 is 10.1 Å². The van der Waals surface area contributed by atoms with Crippen LogP contribution >= 0.6 is 0 Å². The third-order valence-corrected chi connectivity index (χ3v) is 3.85. The van der Waals surface area contributed by atoms with Crippen molar-refractivity contribution in [1.82, 2.24) is 19.5 Å². The molecule has 1 aromatic carbocycles. The monoisotopic (exact) mass is 391 g/mol. The van der Waals surface area contributed by atoms with Crippen LogP contribution in [0, 0.1) is 13.8 Å². The molecule has 0 unspecified atom stereocenters. The quantitative estimate of drug-likeness (QED) is 0.712. The number of amides is 1. The number of carbonyl (C=O) groups excluding carboxylic acids is 1. The van der Waals surface area contributed by atoms with E-state index < -0.39 is 18.5 Å². The van der Waals surface area contributed by atoms with E-state index in [2.05, 4.69) is 20.3 Å². The number of benzene rings is 1. The summed E-state index contributed by atoms with van der Waals surface area (Å²) in [6.45, 7) is 3.80. The molecule has 146 valence electrons. The first kappa shape index (κ1) is 19.3. The number of hydrogen-bond donors (Lipinski definition) is 1. The van der Waals surface area contributed by atoms with Gasteiger partial charge in [0.25, 0.3) is 0 Å². The number of hydrogen-bond acceptors (Lipinski definition) is 5. The van der Waals surface area contributed by atoms with Crippen molar-refractivity contribution in [2.45, 2.75) is 26.4 Å². The Balaban J connectivity index is 1.68. The Bertz CT molecular complexity index is 984. The summed E-state index contributed by atoms with van der Waals surface area (Å²) in [5, 5.41) is 2.18. The molecule has 0 bridgehead atoms. The number of imidazole rings is 1. The van der Waals surface area contributed by atoms with Gasteiger partial charge in [0.05, 0.1) is 5.69 Å². The highest BCUT2D eigenvalue weighted by atomic mass is 19.4. The van der Waals surface area contributed by atoms with E-state index in [1.54, 1.807) is 17.0 Å². The Morgan fingerprint density at radius 1 is 1.14 bits per heavy atom. The molecule has 2 aromatic heterocycles. The van der Waals surface area contributed by atoms with Crippen LogP contribution in [0.3, 0.4) is 0 Å². The SMILES string of the molecule is Cc1ncn(-c2cc(Oc3ccc(NC(=O)CC(F)(F)F)cc3)ncn2)c1C. The number of aryl methyl sites for hydroxylation is 1. The predicted octanol–water partition coefficient (Wildman–Crippen LogP) is 3.96. The van der Waals surface area contributed by atoms with Gasteiger partial charge >= 0.3 is 6.18 Å². The normalized spacial score (nSPS) is 11.3. The number of nitrogens with one attached hydrogen (secondary N) is 1. The highest BCUT2D eigenvalue weighted by Crippen LogP contribution is 2.24. The largest absolute Gasteiger partial charge is 0.439 e. The van der Waals surface area contributed by atoms with Gasteiger partial charge in [-0.25, -0.2) is 15.0 Å². The van der Waals surface area contributed by atoms with Gasteiger partial charge in [0.1, 0.15) is 30.6 Å². The minimum absolute atomic E-state index is 0.231. The molecule has 7 nitrogen and oxygen atoms in total. The molecule has 0 aliphatic heterocycles. The van der Waals surface area contributed by atoms with E-state index >= 15 is 0 Å². The number of ether oxygens (including phenoxy) is 1. The number of rotatable bonds is 5. The lowest BCUT2D eigenvalue weighted by atomic mass is 10.3. The Kier molecular flexibility index (Phi) is 5.30. The maximum Gasteiger partial charge on any atom is 0.397 e. The number of nitrogens with zero attached hydrogens (tertiary/aromatic N) is 4. The van der Waals surface area contributed by atoms with Gasteiger partial charge in [0.15, 0.2) is 0 Å². The van der Waals surface area contributed by atoms with E-state index in [9.17, 15) is 18.0 Å². The standard InChI is InChI=1S/C18H16F3N5O2/c1-11-12(2)26(10-24-11)15-7-17(23-9-22-15)28-14-5-3-13(4-6-14)25-16(27)8-18(19,20)21/h3-7,9-10H,8H2,1-2H3,(H,25,27). The second-order valence-corrected chi connectivity index (χ2v) is 5.97. The van der Waals surface area contributed by atoms with Crippen LogP contribution in [0.15, 0.2) is 43.0 Å². The van der Waals surface area contributed by atoms with Crippen LogP contribution in [-0.4, -0.2) is 31.6 Å². The highest BCUT2D eigenvalue weighted by Gasteiger charge is 2.31. The second kappa shape index (κ2) is 7.67. The summed E-state index contributed by atoms with van der Waals surface area (Å²) >= 11 is 0. The van der Waals surface area contributed by atoms with Crippen molar-refractivity contribution in [3.8, 4) is 17.4 Å². The summed E-state index contributed by atoms with van der Waals surface area (Å²) in [4.78, 5) is 23.8. The summed E-state index contributed by atoms with van der Waals surface area (Å²) in [6.07, 6.45) is -3.09. The lowest BCUT2D eigenvalue weighted by molar-refractivity contribution is -0.150. The van der Waals surface area contributed by atoms with Crippen molar-refractivity contribution >= 4 is 11.6 Å². The van der Waals surface area contributed by atoms with Crippen LogP contribution in [0.25, 0.3) is 5.82 Å². The first-order valence-electron chi connectivity index (χ1n) is 8.19. The van der Waals surface area contributed by atoms with E-state index in [1.165, 1.54) is 30.6 Å². The van der Waals surface area contributed by atoms with Crippen molar-refractivity contribution in [3.63, 3.8) is 0 Å². The Hall–Kier alpha value is -3.43. The van der Waals surface area contributed by atoms with Crippen LogP contribution in [-0.2, 0) is 4.79 Å². The Morgan fingerprint density at radius 3 is 2.46 bits per heavy atom. The van der Waals surface area contributed by atoms with Crippen molar-refractivity contribution in [2.24, 2.45) is 0 Å². The third kappa shape index (κ3) is 4.84.